The molecule has 0 aliphatic rings. The van der Waals surface area contributed by atoms with Crippen molar-refractivity contribution in [3.8, 4) is 0 Å². The standard InChI is InChI=1S/C25H34FN3O4S/c1-17(2)21-12-8-10-14-23(21)29(34(6,32)33)16-24(30)28(19(5)25(31)27-18(3)4)15-20-11-7-9-13-22(20)26/h7-14,17-19H,15-16H2,1-6H3,(H,27,31)/t19-/m1/s1. The lowest BCUT2D eigenvalue weighted by molar-refractivity contribution is -0.139. The fraction of sp³-hybridized carbons (Fsp3) is 0.440. The van der Waals surface area contributed by atoms with Crippen LogP contribution in [-0.2, 0) is 26.2 Å². The summed E-state index contributed by atoms with van der Waals surface area (Å²) in [4.78, 5) is 27.5. The third kappa shape index (κ3) is 7.03. The van der Waals surface area contributed by atoms with E-state index in [1.54, 1.807) is 39.0 Å². The molecule has 1 N–H and O–H groups in total. The molecule has 186 valence electrons. The molecule has 1 atom stereocenters. The number of nitrogens with zero attached hydrogens (tertiary/aromatic N) is 2. The summed E-state index contributed by atoms with van der Waals surface area (Å²) in [5.74, 6) is -1.52. The molecule has 2 aromatic carbocycles. The van der Waals surface area contributed by atoms with E-state index >= 15 is 0 Å². The number of carbonyl (C=O) groups excluding carboxylic acids is 2. The van der Waals surface area contributed by atoms with Gasteiger partial charge < -0.3 is 10.2 Å². The average Bonchev–Trinajstić information content (AvgIpc) is 2.75. The predicted octanol–water partition coefficient (Wildman–Crippen LogP) is 3.66. The Balaban J connectivity index is 2.47. The quantitative estimate of drug-likeness (QED) is 0.550. The minimum Gasteiger partial charge on any atom is -0.352 e. The Morgan fingerprint density at radius 3 is 2.12 bits per heavy atom. The fourth-order valence-corrected chi connectivity index (χ4v) is 4.46. The number of sulfonamides is 1. The van der Waals surface area contributed by atoms with Crippen LogP contribution in [0.3, 0.4) is 0 Å². The van der Waals surface area contributed by atoms with Gasteiger partial charge in [-0.1, -0.05) is 50.2 Å². The van der Waals surface area contributed by atoms with Crippen molar-refractivity contribution in [2.75, 3.05) is 17.1 Å². The number of carbonyl (C=O) groups is 2. The molecule has 0 aliphatic heterocycles. The monoisotopic (exact) mass is 491 g/mol. The van der Waals surface area contributed by atoms with Gasteiger partial charge in [0.15, 0.2) is 0 Å². The molecule has 0 heterocycles. The van der Waals surface area contributed by atoms with Crippen molar-refractivity contribution in [1.29, 1.82) is 0 Å². The predicted molar refractivity (Wildman–Crippen MR) is 132 cm³/mol. The molecule has 34 heavy (non-hydrogen) atoms. The van der Waals surface area contributed by atoms with Gasteiger partial charge in [0.1, 0.15) is 18.4 Å². The number of nitrogens with one attached hydrogen (secondary N) is 1. The van der Waals surface area contributed by atoms with Gasteiger partial charge in [0.25, 0.3) is 0 Å². The molecule has 7 nitrogen and oxygen atoms in total. The molecule has 9 heteroatoms. The maximum absolute atomic E-state index is 14.4. The van der Waals surface area contributed by atoms with Crippen LogP contribution in [0.1, 0.15) is 51.7 Å². The van der Waals surface area contributed by atoms with E-state index in [4.69, 9.17) is 0 Å². The van der Waals surface area contributed by atoms with Gasteiger partial charge >= 0.3 is 0 Å². The molecule has 0 bridgehead atoms. The highest BCUT2D eigenvalue weighted by Gasteiger charge is 2.31. The first-order valence-electron chi connectivity index (χ1n) is 11.2. The number of anilines is 1. The van der Waals surface area contributed by atoms with Crippen LogP contribution >= 0.6 is 0 Å². The van der Waals surface area contributed by atoms with Crippen molar-refractivity contribution in [3.63, 3.8) is 0 Å². The summed E-state index contributed by atoms with van der Waals surface area (Å²) in [6, 6.07) is 11.9. The van der Waals surface area contributed by atoms with E-state index in [0.29, 0.717) is 5.69 Å². The highest BCUT2D eigenvalue weighted by molar-refractivity contribution is 7.92. The second-order valence-electron chi connectivity index (χ2n) is 8.94. The minimum absolute atomic E-state index is 0.0146. The second-order valence-corrected chi connectivity index (χ2v) is 10.8. The van der Waals surface area contributed by atoms with Gasteiger partial charge in [0, 0.05) is 18.2 Å². The van der Waals surface area contributed by atoms with Crippen LogP contribution in [0.2, 0.25) is 0 Å². The van der Waals surface area contributed by atoms with E-state index in [1.807, 2.05) is 26.0 Å². The first-order valence-corrected chi connectivity index (χ1v) is 13.1. The van der Waals surface area contributed by atoms with Crippen LogP contribution in [0.15, 0.2) is 48.5 Å². The maximum Gasteiger partial charge on any atom is 0.244 e. The molecule has 0 unspecified atom stereocenters. The van der Waals surface area contributed by atoms with Crippen LogP contribution < -0.4 is 9.62 Å². The largest absolute Gasteiger partial charge is 0.352 e. The molecule has 0 radical (unpaired) electrons. The summed E-state index contributed by atoms with van der Waals surface area (Å²) in [6.07, 6.45) is 1.04. The molecular formula is C25H34FN3O4S. The van der Waals surface area contributed by atoms with Crippen molar-refractivity contribution in [2.24, 2.45) is 0 Å². The molecule has 0 saturated heterocycles. The molecule has 0 fully saturated rings. The van der Waals surface area contributed by atoms with E-state index in [2.05, 4.69) is 5.32 Å². The number of benzene rings is 2. The smallest absolute Gasteiger partial charge is 0.244 e. The number of para-hydroxylation sites is 1. The highest BCUT2D eigenvalue weighted by atomic mass is 32.2. The zero-order valence-corrected chi connectivity index (χ0v) is 21.4. The van der Waals surface area contributed by atoms with Gasteiger partial charge in [-0.15, -0.1) is 0 Å². The van der Waals surface area contributed by atoms with E-state index < -0.39 is 40.2 Å². The minimum atomic E-state index is -3.84. The summed E-state index contributed by atoms with van der Waals surface area (Å²) >= 11 is 0. The average molecular weight is 492 g/mol. The molecule has 2 aromatic rings. The van der Waals surface area contributed by atoms with Crippen molar-refractivity contribution in [3.05, 3.63) is 65.5 Å². The van der Waals surface area contributed by atoms with Crippen molar-refractivity contribution in [2.45, 2.75) is 59.2 Å². The van der Waals surface area contributed by atoms with Crippen LogP contribution in [-0.4, -0.2) is 50.0 Å². The van der Waals surface area contributed by atoms with Crippen LogP contribution in [0.5, 0.6) is 0 Å². The number of amides is 2. The van der Waals surface area contributed by atoms with Gasteiger partial charge in [-0.2, -0.15) is 0 Å². The molecule has 2 rings (SSSR count). The topological polar surface area (TPSA) is 86.8 Å². The Bertz CT molecular complexity index is 1120. The second kappa shape index (κ2) is 11.5. The van der Waals surface area contributed by atoms with Gasteiger partial charge in [-0.3, -0.25) is 13.9 Å². The molecular weight excluding hydrogens is 457 g/mol. The highest BCUT2D eigenvalue weighted by Crippen LogP contribution is 2.29. The number of rotatable bonds is 10. The Hall–Kier alpha value is -2.94. The van der Waals surface area contributed by atoms with Crippen LogP contribution in [0.4, 0.5) is 10.1 Å². The molecule has 0 saturated carbocycles. The SMILES string of the molecule is CC(C)NC(=O)[C@@H](C)N(Cc1ccccc1F)C(=O)CN(c1ccccc1C(C)C)S(C)(=O)=O. The Labute approximate surface area is 202 Å². The van der Waals surface area contributed by atoms with E-state index in [-0.39, 0.29) is 24.1 Å². The van der Waals surface area contributed by atoms with Gasteiger partial charge in [-0.05, 0) is 44.4 Å². The maximum atomic E-state index is 14.4. The summed E-state index contributed by atoms with van der Waals surface area (Å²) in [6.45, 7) is 8.30. The summed E-state index contributed by atoms with van der Waals surface area (Å²) in [5.41, 5.74) is 1.40. The van der Waals surface area contributed by atoms with E-state index in [9.17, 15) is 22.4 Å². The number of hydrogen-bond acceptors (Lipinski definition) is 4. The molecule has 0 spiro atoms. The van der Waals surface area contributed by atoms with Crippen molar-refractivity contribution >= 4 is 27.5 Å². The normalized spacial score (nSPS) is 12.5. The number of hydrogen-bond donors (Lipinski definition) is 1. The van der Waals surface area contributed by atoms with E-state index in [0.717, 1.165) is 16.1 Å². The first kappa shape index (κ1) is 27.3. The lowest BCUT2D eigenvalue weighted by Crippen LogP contribution is -2.52. The van der Waals surface area contributed by atoms with E-state index in [1.165, 1.54) is 23.1 Å². The lowest BCUT2D eigenvalue weighted by atomic mass is 10.0. The van der Waals surface area contributed by atoms with Gasteiger partial charge in [-0.25, -0.2) is 12.8 Å². The Morgan fingerprint density at radius 2 is 1.56 bits per heavy atom. The third-order valence-corrected chi connectivity index (χ3v) is 6.53. The van der Waals surface area contributed by atoms with Crippen molar-refractivity contribution in [1.82, 2.24) is 10.2 Å². The first-order chi connectivity index (χ1) is 15.8. The van der Waals surface area contributed by atoms with Crippen molar-refractivity contribution < 1.29 is 22.4 Å². The Morgan fingerprint density at radius 1 is 0.971 bits per heavy atom. The summed E-state index contributed by atoms with van der Waals surface area (Å²) in [7, 11) is -3.84. The number of halogens is 1. The zero-order chi connectivity index (χ0) is 25.6. The summed E-state index contributed by atoms with van der Waals surface area (Å²) < 4.78 is 40.9. The summed E-state index contributed by atoms with van der Waals surface area (Å²) in [5, 5.41) is 2.76. The van der Waals surface area contributed by atoms with Crippen LogP contribution in [0, 0.1) is 5.82 Å². The van der Waals surface area contributed by atoms with Gasteiger partial charge in [0.2, 0.25) is 21.8 Å². The molecule has 0 aliphatic carbocycles. The van der Waals surface area contributed by atoms with Crippen LogP contribution in [0.25, 0.3) is 0 Å². The Kier molecular flexibility index (Phi) is 9.21. The molecule has 2 amide bonds. The van der Waals surface area contributed by atoms with Gasteiger partial charge in [0.05, 0.1) is 11.9 Å². The zero-order valence-electron chi connectivity index (χ0n) is 20.6. The lowest BCUT2D eigenvalue weighted by Gasteiger charge is -2.32. The third-order valence-electron chi connectivity index (χ3n) is 5.40. The molecule has 0 aromatic heterocycles. The fourth-order valence-electron chi connectivity index (χ4n) is 3.60.